The Bertz CT molecular complexity index is 649. The van der Waals surface area contributed by atoms with E-state index in [0.717, 1.165) is 18.2 Å². The second kappa shape index (κ2) is 5.97. The summed E-state index contributed by atoms with van der Waals surface area (Å²) < 4.78 is 49.2. The lowest BCUT2D eigenvalue weighted by Gasteiger charge is -2.18. The van der Waals surface area contributed by atoms with Crippen LogP contribution in [0, 0.1) is 11.6 Å². The van der Waals surface area contributed by atoms with E-state index in [1.54, 1.807) is 0 Å². The third-order valence-corrected chi connectivity index (χ3v) is 5.11. The summed E-state index contributed by atoms with van der Waals surface area (Å²) in [4.78, 5) is 11.8. The van der Waals surface area contributed by atoms with Gasteiger partial charge in [0.15, 0.2) is 9.84 Å². The molecule has 2 atom stereocenters. The van der Waals surface area contributed by atoms with E-state index in [-0.39, 0.29) is 17.1 Å². The molecule has 1 heterocycles. The van der Waals surface area contributed by atoms with Crippen molar-refractivity contribution in [3.05, 3.63) is 35.4 Å². The molecule has 0 radical (unpaired) electrons. The third-order valence-electron chi connectivity index (χ3n) is 3.34. The normalized spacial score (nSPS) is 21.8. The molecule has 0 unspecified atom stereocenters. The highest BCUT2D eigenvalue weighted by atomic mass is 32.2. The quantitative estimate of drug-likeness (QED) is 0.887. The molecular formula is C13H16F2N2O3S. The van der Waals surface area contributed by atoms with Gasteiger partial charge in [0.1, 0.15) is 11.6 Å². The smallest absolute Gasteiger partial charge is 0.315 e. The zero-order valence-electron chi connectivity index (χ0n) is 11.4. The maximum Gasteiger partial charge on any atom is 0.315 e. The molecule has 0 saturated carbocycles. The molecule has 0 bridgehead atoms. The number of carbonyl (C=O) groups excluding carboxylic acids is 1. The van der Waals surface area contributed by atoms with Gasteiger partial charge in [0, 0.05) is 11.6 Å². The highest BCUT2D eigenvalue weighted by Crippen LogP contribution is 2.18. The predicted molar refractivity (Wildman–Crippen MR) is 73.5 cm³/mol. The van der Waals surface area contributed by atoms with Crippen LogP contribution < -0.4 is 10.6 Å². The average Bonchev–Trinajstić information content (AvgIpc) is 2.71. The molecule has 2 rings (SSSR count). The first-order chi connectivity index (χ1) is 9.77. The van der Waals surface area contributed by atoms with Crippen LogP contribution in [-0.2, 0) is 9.84 Å². The molecule has 2 N–H and O–H groups in total. The SMILES string of the molecule is C[C@H](NC(=O)N[C@@H]1CCS(=O)(=O)C1)c1cc(F)ccc1F. The standard InChI is InChI=1S/C13H16F2N2O3S/c1-8(11-6-9(14)2-3-12(11)15)16-13(18)17-10-4-5-21(19,20)7-10/h2-3,6,8,10H,4-5,7H2,1H3,(H2,16,17,18)/t8-,10+/m0/s1. The largest absolute Gasteiger partial charge is 0.334 e. The van der Waals surface area contributed by atoms with Gasteiger partial charge < -0.3 is 10.6 Å². The molecule has 1 aromatic carbocycles. The Hall–Kier alpha value is -1.70. The van der Waals surface area contributed by atoms with Crippen LogP contribution in [0.3, 0.4) is 0 Å². The first-order valence-corrected chi connectivity index (χ1v) is 8.31. The van der Waals surface area contributed by atoms with Gasteiger partial charge in [0.25, 0.3) is 0 Å². The zero-order chi connectivity index (χ0) is 15.6. The summed E-state index contributed by atoms with van der Waals surface area (Å²) in [6.45, 7) is 1.52. The first kappa shape index (κ1) is 15.7. The summed E-state index contributed by atoms with van der Waals surface area (Å²) in [7, 11) is -3.09. The fraction of sp³-hybridized carbons (Fsp3) is 0.462. The van der Waals surface area contributed by atoms with E-state index in [1.165, 1.54) is 6.92 Å². The lowest BCUT2D eigenvalue weighted by Crippen LogP contribution is -2.43. The van der Waals surface area contributed by atoms with Crippen molar-refractivity contribution in [1.82, 2.24) is 10.6 Å². The molecule has 21 heavy (non-hydrogen) atoms. The van der Waals surface area contributed by atoms with Crippen molar-refractivity contribution in [3.8, 4) is 0 Å². The van der Waals surface area contributed by atoms with Crippen LogP contribution in [0.1, 0.15) is 24.9 Å². The summed E-state index contributed by atoms with van der Waals surface area (Å²) in [5.41, 5.74) is 0.0317. The molecule has 0 spiro atoms. The van der Waals surface area contributed by atoms with Crippen molar-refractivity contribution in [3.63, 3.8) is 0 Å². The molecule has 1 aliphatic rings. The van der Waals surface area contributed by atoms with E-state index in [1.807, 2.05) is 0 Å². The van der Waals surface area contributed by atoms with Crippen LogP contribution in [0.25, 0.3) is 0 Å². The van der Waals surface area contributed by atoms with Gasteiger partial charge in [0.05, 0.1) is 17.5 Å². The fourth-order valence-electron chi connectivity index (χ4n) is 2.26. The minimum Gasteiger partial charge on any atom is -0.334 e. The van der Waals surface area contributed by atoms with Crippen LogP contribution in [0.2, 0.25) is 0 Å². The van der Waals surface area contributed by atoms with Crippen LogP contribution in [0.5, 0.6) is 0 Å². The van der Waals surface area contributed by atoms with E-state index in [4.69, 9.17) is 0 Å². The summed E-state index contributed by atoms with van der Waals surface area (Å²) >= 11 is 0. The van der Waals surface area contributed by atoms with Gasteiger partial charge in [-0.25, -0.2) is 22.0 Å². The number of benzene rings is 1. The van der Waals surface area contributed by atoms with Crippen molar-refractivity contribution in [1.29, 1.82) is 0 Å². The van der Waals surface area contributed by atoms with E-state index in [0.29, 0.717) is 6.42 Å². The maximum atomic E-state index is 13.6. The van der Waals surface area contributed by atoms with Gasteiger partial charge in [0.2, 0.25) is 0 Å². The lowest BCUT2D eigenvalue weighted by atomic mass is 10.1. The topological polar surface area (TPSA) is 75.3 Å². The van der Waals surface area contributed by atoms with Gasteiger partial charge in [-0.2, -0.15) is 0 Å². The van der Waals surface area contributed by atoms with Gasteiger partial charge in [-0.15, -0.1) is 0 Å². The van der Waals surface area contributed by atoms with Crippen molar-refractivity contribution < 1.29 is 22.0 Å². The average molecular weight is 318 g/mol. The van der Waals surface area contributed by atoms with Crippen molar-refractivity contribution in [2.75, 3.05) is 11.5 Å². The summed E-state index contributed by atoms with van der Waals surface area (Å²) in [6, 6.07) is 1.21. The molecule has 0 aliphatic carbocycles. The Labute approximate surface area is 121 Å². The summed E-state index contributed by atoms with van der Waals surface area (Å²) in [6.07, 6.45) is 0.360. The predicted octanol–water partition coefficient (Wildman–Crippen LogP) is 1.51. The molecule has 1 fully saturated rings. The van der Waals surface area contributed by atoms with E-state index >= 15 is 0 Å². The Morgan fingerprint density at radius 3 is 2.71 bits per heavy atom. The molecule has 1 aromatic rings. The number of nitrogens with one attached hydrogen (secondary N) is 2. The number of hydrogen-bond acceptors (Lipinski definition) is 3. The minimum atomic E-state index is -3.09. The van der Waals surface area contributed by atoms with Crippen molar-refractivity contribution in [2.24, 2.45) is 0 Å². The van der Waals surface area contributed by atoms with Crippen molar-refractivity contribution >= 4 is 15.9 Å². The Morgan fingerprint density at radius 1 is 1.38 bits per heavy atom. The molecule has 8 heteroatoms. The zero-order valence-corrected chi connectivity index (χ0v) is 12.2. The summed E-state index contributed by atoms with van der Waals surface area (Å²) in [5, 5.41) is 4.99. The number of hydrogen-bond donors (Lipinski definition) is 2. The van der Waals surface area contributed by atoms with Gasteiger partial charge in [-0.05, 0) is 31.5 Å². The number of amides is 2. The van der Waals surface area contributed by atoms with E-state index in [2.05, 4.69) is 10.6 Å². The number of sulfone groups is 1. The molecule has 2 amide bonds. The number of carbonyl (C=O) groups is 1. The van der Waals surface area contributed by atoms with Crippen LogP contribution in [0.4, 0.5) is 13.6 Å². The van der Waals surface area contributed by atoms with Crippen LogP contribution in [-0.4, -0.2) is 32.0 Å². The molecule has 0 aromatic heterocycles. The van der Waals surface area contributed by atoms with Gasteiger partial charge >= 0.3 is 6.03 Å². The maximum absolute atomic E-state index is 13.6. The molecule has 5 nitrogen and oxygen atoms in total. The fourth-order valence-corrected chi connectivity index (χ4v) is 3.93. The molecule has 1 aliphatic heterocycles. The van der Waals surface area contributed by atoms with E-state index < -0.39 is 39.6 Å². The Kier molecular flexibility index (Phi) is 4.46. The Morgan fingerprint density at radius 2 is 2.10 bits per heavy atom. The second-order valence-corrected chi connectivity index (χ2v) is 7.33. The first-order valence-electron chi connectivity index (χ1n) is 6.49. The third kappa shape index (κ3) is 4.13. The van der Waals surface area contributed by atoms with Crippen LogP contribution in [0.15, 0.2) is 18.2 Å². The minimum absolute atomic E-state index is 0.0317. The van der Waals surface area contributed by atoms with Gasteiger partial charge in [-0.1, -0.05) is 0 Å². The summed E-state index contributed by atoms with van der Waals surface area (Å²) in [5.74, 6) is -1.26. The highest BCUT2D eigenvalue weighted by Gasteiger charge is 2.29. The van der Waals surface area contributed by atoms with E-state index in [9.17, 15) is 22.0 Å². The van der Waals surface area contributed by atoms with Crippen molar-refractivity contribution in [2.45, 2.75) is 25.4 Å². The number of urea groups is 1. The monoisotopic (exact) mass is 318 g/mol. The van der Waals surface area contributed by atoms with Crippen LogP contribution >= 0.6 is 0 Å². The number of rotatable bonds is 3. The lowest BCUT2D eigenvalue weighted by molar-refractivity contribution is 0.234. The Balaban J connectivity index is 1.95. The molecular weight excluding hydrogens is 302 g/mol. The number of halogens is 2. The molecule has 116 valence electrons. The highest BCUT2D eigenvalue weighted by molar-refractivity contribution is 7.91. The van der Waals surface area contributed by atoms with Gasteiger partial charge in [-0.3, -0.25) is 0 Å². The molecule has 1 saturated heterocycles. The second-order valence-electron chi connectivity index (χ2n) is 5.11.